The molecule has 0 unspecified atom stereocenters. The van der Waals surface area contributed by atoms with Crippen molar-refractivity contribution in [3.63, 3.8) is 0 Å². The number of hydrogen-bond donors (Lipinski definition) is 0. The molecule has 15 heavy (non-hydrogen) atoms. The summed E-state index contributed by atoms with van der Waals surface area (Å²) in [4.78, 5) is 0.765. The van der Waals surface area contributed by atoms with Gasteiger partial charge in [0.1, 0.15) is 0 Å². The fourth-order valence-electron chi connectivity index (χ4n) is 1.11. The standard InChI is InChI=1S/C8H7ClFN5/c9-8-3-1-2-7(4-8)5-14(10)15-12-6-11-13-15/h1-4,6H,5H2. The van der Waals surface area contributed by atoms with Gasteiger partial charge in [0.25, 0.3) is 0 Å². The van der Waals surface area contributed by atoms with Crippen LogP contribution < -0.4 is 5.23 Å². The van der Waals surface area contributed by atoms with Crippen molar-refractivity contribution in [2.45, 2.75) is 6.54 Å². The van der Waals surface area contributed by atoms with Crippen molar-refractivity contribution in [3.05, 3.63) is 41.2 Å². The van der Waals surface area contributed by atoms with E-state index < -0.39 is 0 Å². The van der Waals surface area contributed by atoms with Crippen LogP contribution in [0.4, 0.5) is 4.48 Å². The highest BCUT2D eigenvalue weighted by atomic mass is 35.5. The van der Waals surface area contributed by atoms with Crippen LogP contribution in [0.1, 0.15) is 5.56 Å². The molecule has 0 saturated carbocycles. The van der Waals surface area contributed by atoms with Crippen LogP contribution >= 0.6 is 11.6 Å². The Morgan fingerprint density at radius 2 is 2.33 bits per heavy atom. The summed E-state index contributed by atoms with van der Waals surface area (Å²) < 4.78 is 13.4. The van der Waals surface area contributed by atoms with Gasteiger partial charge in [-0.25, -0.2) is 0 Å². The Balaban J connectivity index is 2.09. The van der Waals surface area contributed by atoms with Gasteiger partial charge >= 0.3 is 0 Å². The summed E-state index contributed by atoms with van der Waals surface area (Å²) in [6.45, 7) is 0.0108. The predicted octanol–water partition coefficient (Wildman–Crippen LogP) is 1.35. The molecule has 0 atom stereocenters. The minimum Gasteiger partial charge on any atom is -0.116 e. The highest BCUT2D eigenvalue weighted by molar-refractivity contribution is 6.30. The minimum atomic E-state index is 0.0108. The molecule has 0 spiro atoms. The Kier molecular flexibility index (Phi) is 2.77. The molecule has 7 heteroatoms. The first-order valence-corrected chi connectivity index (χ1v) is 4.54. The van der Waals surface area contributed by atoms with Crippen LogP contribution in [0.15, 0.2) is 30.6 Å². The summed E-state index contributed by atoms with van der Waals surface area (Å²) in [6, 6.07) is 6.90. The van der Waals surface area contributed by atoms with E-state index in [1.54, 1.807) is 24.3 Å². The highest BCUT2D eigenvalue weighted by Gasteiger charge is 2.06. The molecular formula is C8H7ClFN5. The summed E-state index contributed by atoms with van der Waals surface area (Å²) in [5.74, 6) is 0. The molecule has 1 heterocycles. The maximum Gasteiger partial charge on any atom is 0.164 e. The maximum atomic E-state index is 13.4. The average molecular weight is 228 g/mol. The number of tetrazole rings is 1. The summed E-state index contributed by atoms with van der Waals surface area (Å²) in [5.41, 5.74) is 0.724. The second kappa shape index (κ2) is 4.22. The first-order valence-electron chi connectivity index (χ1n) is 4.17. The van der Waals surface area contributed by atoms with Crippen LogP contribution in [0.3, 0.4) is 0 Å². The van der Waals surface area contributed by atoms with Crippen LogP contribution in [0.25, 0.3) is 0 Å². The van der Waals surface area contributed by atoms with E-state index in [4.69, 9.17) is 11.6 Å². The largest absolute Gasteiger partial charge is 0.164 e. The molecule has 0 aliphatic carbocycles. The van der Waals surface area contributed by atoms with E-state index in [2.05, 4.69) is 15.4 Å². The van der Waals surface area contributed by atoms with Gasteiger partial charge in [-0.2, -0.15) is 0 Å². The van der Waals surface area contributed by atoms with Crippen molar-refractivity contribution in [1.82, 2.24) is 20.3 Å². The van der Waals surface area contributed by atoms with Crippen molar-refractivity contribution in [2.75, 3.05) is 5.23 Å². The highest BCUT2D eigenvalue weighted by Crippen LogP contribution is 2.11. The van der Waals surface area contributed by atoms with Gasteiger partial charge in [-0.15, -0.1) is 15.4 Å². The molecule has 0 N–H and O–H groups in total. The molecule has 0 radical (unpaired) electrons. The molecule has 1 aromatic carbocycles. The molecule has 2 aromatic rings. The predicted molar refractivity (Wildman–Crippen MR) is 52.3 cm³/mol. The lowest BCUT2D eigenvalue weighted by Gasteiger charge is -2.10. The second-order valence-electron chi connectivity index (χ2n) is 2.83. The number of aromatic nitrogens is 4. The molecule has 0 saturated heterocycles. The van der Waals surface area contributed by atoms with Gasteiger partial charge in [-0.3, -0.25) is 0 Å². The number of nitrogens with zero attached hydrogens (tertiary/aromatic N) is 5. The Morgan fingerprint density at radius 3 is 3.00 bits per heavy atom. The van der Waals surface area contributed by atoms with E-state index in [1.165, 1.54) is 0 Å². The zero-order valence-electron chi connectivity index (χ0n) is 7.59. The fourth-order valence-corrected chi connectivity index (χ4v) is 1.32. The summed E-state index contributed by atoms with van der Waals surface area (Å²) >= 11 is 5.76. The summed E-state index contributed by atoms with van der Waals surface area (Å²) in [5, 5.41) is 11.2. The lowest BCUT2D eigenvalue weighted by atomic mass is 10.2. The smallest absolute Gasteiger partial charge is 0.116 e. The molecule has 5 nitrogen and oxygen atoms in total. The Bertz CT molecular complexity index is 432. The van der Waals surface area contributed by atoms with Crippen LogP contribution in [0, 0.1) is 0 Å². The molecule has 0 aliphatic heterocycles. The van der Waals surface area contributed by atoms with Gasteiger partial charge < -0.3 is 0 Å². The average Bonchev–Trinajstić information content (AvgIpc) is 2.70. The van der Waals surface area contributed by atoms with Crippen molar-refractivity contribution in [2.24, 2.45) is 0 Å². The van der Waals surface area contributed by atoms with E-state index in [-0.39, 0.29) is 6.54 Å². The number of hydrogen-bond acceptors (Lipinski definition) is 4. The molecule has 78 valence electrons. The van der Waals surface area contributed by atoms with E-state index in [9.17, 15) is 4.48 Å². The van der Waals surface area contributed by atoms with Gasteiger partial charge in [-0.05, 0) is 27.8 Å². The number of halogens is 2. The zero-order chi connectivity index (χ0) is 10.7. The molecule has 2 rings (SSSR count). The van der Waals surface area contributed by atoms with Crippen LogP contribution in [-0.2, 0) is 6.54 Å². The molecule has 0 amide bonds. The van der Waals surface area contributed by atoms with Crippen LogP contribution in [0.5, 0.6) is 0 Å². The van der Waals surface area contributed by atoms with Crippen molar-refractivity contribution in [1.29, 1.82) is 0 Å². The van der Waals surface area contributed by atoms with Gasteiger partial charge in [0, 0.05) is 5.02 Å². The van der Waals surface area contributed by atoms with E-state index in [0.29, 0.717) is 10.3 Å². The summed E-state index contributed by atoms with van der Waals surface area (Å²) in [7, 11) is 0. The van der Waals surface area contributed by atoms with Gasteiger partial charge in [0.2, 0.25) is 0 Å². The number of benzene rings is 1. The summed E-state index contributed by atoms with van der Waals surface area (Å²) in [6.07, 6.45) is 1.16. The third-order valence-electron chi connectivity index (χ3n) is 1.73. The van der Waals surface area contributed by atoms with E-state index in [0.717, 1.165) is 16.8 Å². The van der Waals surface area contributed by atoms with Crippen LogP contribution in [-0.4, -0.2) is 20.3 Å². The molecule has 0 fully saturated rings. The molecular weight excluding hydrogens is 221 g/mol. The quantitative estimate of drug-likeness (QED) is 0.743. The third-order valence-corrected chi connectivity index (χ3v) is 1.97. The zero-order valence-corrected chi connectivity index (χ0v) is 8.34. The van der Waals surface area contributed by atoms with Gasteiger partial charge in [-0.1, -0.05) is 28.2 Å². The molecule has 1 aromatic heterocycles. The van der Waals surface area contributed by atoms with Gasteiger partial charge in [0.05, 0.1) is 6.54 Å². The van der Waals surface area contributed by atoms with Gasteiger partial charge in [0.15, 0.2) is 6.33 Å². The van der Waals surface area contributed by atoms with E-state index >= 15 is 0 Å². The third kappa shape index (κ3) is 2.41. The van der Waals surface area contributed by atoms with Crippen molar-refractivity contribution in [3.8, 4) is 0 Å². The lowest BCUT2D eigenvalue weighted by molar-refractivity contribution is 0.258. The van der Waals surface area contributed by atoms with E-state index in [1.807, 2.05) is 0 Å². The van der Waals surface area contributed by atoms with Crippen molar-refractivity contribution < 1.29 is 4.48 Å². The minimum absolute atomic E-state index is 0.0108. The second-order valence-corrected chi connectivity index (χ2v) is 3.27. The molecule has 0 bridgehead atoms. The first-order chi connectivity index (χ1) is 7.25. The Labute approximate surface area is 90.0 Å². The normalized spacial score (nSPS) is 10.3. The SMILES string of the molecule is FN(Cc1cccc(Cl)c1)n1ncnn1. The van der Waals surface area contributed by atoms with Crippen molar-refractivity contribution >= 4 is 11.6 Å². The topological polar surface area (TPSA) is 46.8 Å². The Hall–Kier alpha value is -1.69. The van der Waals surface area contributed by atoms with Crippen LogP contribution in [0.2, 0.25) is 5.02 Å². The first kappa shape index (κ1) is 9.85. The lowest BCUT2D eigenvalue weighted by Crippen LogP contribution is -2.27. The molecule has 0 aliphatic rings. The monoisotopic (exact) mass is 227 g/mol. The maximum absolute atomic E-state index is 13.4. The number of rotatable bonds is 3. The fraction of sp³-hybridized carbons (Fsp3) is 0.125. The Morgan fingerprint density at radius 1 is 1.47 bits per heavy atom.